The van der Waals surface area contributed by atoms with Crippen LogP contribution < -0.4 is 16.4 Å². The Bertz CT molecular complexity index is 520. The van der Waals surface area contributed by atoms with Crippen molar-refractivity contribution in [2.45, 2.75) is 32.9 Å². The minimum absolute atomic E-state index is 0.107. The molecule has 0 saturated heterocycles. The fraction of sp³-hybridized carbons (Fsp3) is 0.429. The first kappa shape index (κ1) is 16.9. The van der Waals surface area contributed by atoms with E-state index in [0.29, 0.717) is 24.2 Å². The maximum Gasteiger partial charge on any atom is 0.236 e. The standard InChI is InChI=1S/C14H21FN4O2/c1-3-6-17-14(20)9(2)18-8-10-4-5-11(15)7-12(10)13(16)19-21/h4-5,7,9,18,21H,3,6,8H2,1-2H3,(H2,16,19)(H,17,20). The Labute approximate surface area is 123 Å². The molecule has 0 aromatic heterocycles. The Morgan fingerprint density at radius 3 is 2.86 bits per heavy atom. The summed E-state index contributed by atoms with van der Waals surface area (Å²) in [4.78, 5) is 11.7. The van der Waals surface area contributed by atoms with Crippen molar-refractivity contribution >= 4 is 11.7 Å². The highest BCUT2D eigenvalue weighted by Crippen LogP contribution is 2.11. The van der Waals surface area contributed by atoms with Crippen molar-refractivity contribution in [1.82, 2.24) is 10.6 Å². The van der Waals surface area contributed by atoms with E-state index in [9.17, 15) is 9.18 Å². The Hall–Kier alpha value is -2.15. The molecule has 0 fully saturated rings. The van der Waals surface area contributed by atoms with Crippen molar-refractivity contribution < 1.29 is 14.4 Å². The van der Waals surface area contributed by atoms with Crippen LogP contribution in [0.25, 0.3) is 0 Å². The number of nitrogens with zero attached hydrogens (tertiary/aromatic N) is 1. The number of hydrogen-bond donors (Lipinski definition) is 4. The summed E-state index contributed by atoms with van der Waals surface area (Å²) in [5.41, 5.74) is 6.46. The van der Waals surface area contributed by atoms with E-state index >= 15 is 0 Å². The summed E-state index contributed by atoms with van der Waals surface area (Å²) in [5.74, 6) is -0.757. The third-order valence-corrected chi connectivity index (χ3v) is 3.00. The molecule has 0 bridgehead atoms. The van der Waals surface area contributed by atoms with Crippen LogP contribution in [0.5, 0.6) is 0 Å². The highest BCUT2D eigenvalue weighted by molar-refractivity contribution is 5.98. The quantitative estimate of drug-likeness (QED) is 0.260. The van der Waals surface area contributed by atoms with Crippen molar-refractivity contribution in [1.29, 1.82) is 0 Å². The van der Waals surface area contributed by atoms with Crippen LogP contribution in [0.3, 0.4) is 0 Å². The molecule has 0 saturated carbocycles. The van der Waals surface area contributed by atoms with Crippen LogP contribution in [0.4, 0.5) is 4.39 Å². The average molecular weight is 296 g/mol. The zero-order valence-electron chi connectivity index (χ0n) is 12.2. The number of amidine groups is 1. The first-order chi connectivity index (χ1) is 9.99. The highest BCUT2D eigenvalue weighted by atomic mass is 19.1. The van der Waals surface area contributed by atoms with Crippen molar-refractivity contribution in [3.63, 3.8) is 0 Å². The molecule has 1 aromatic carbocycles. The smallest absolute Gasteiger partial charge is 0.236 e. The fourth-order valence-electron chi connectivity index (χ4n) is 1.75. The Morgan fingerprint density at radius 2 is 2.24 bits per heavy atom. The van der Waals surface area contributed by atoms with Crippen LogP contribution in [0.1, 0.15) is 31.4 Å². The first-order valence-corrected chi connectivity index (χ1v) is 6.77. The van der Waals surface area contributed by atoms with Crippen LogP contribution in [0.15, 0.2) is 23.4 Å². The number of halogens is 1. The maximum absolute atomic E-state index is 13.2. The number of nitrogens with one attached hydrogen (secondary N) is 2. The van der Waals surface area contributed by atoms with E-state index in [1.807, 2.05) is 6.92 Å². The van der Waals surface area contributed by atoms with Gasteiger partial charge in [-0.25, -0.2) is 4.39 Å². The van der Waals surface area contributed by atoms with Gasteiger partial charge in [-0.15, -0.1) is 0 Å². The number of oxime groups is 1. The van der Waals surface area contributed by atoms with Gasteiger partial charge in [0.15, 0.2) is 5.84 Å². The molecule has 0 aliphatic carbocycles. The van der Waals surface area contributed by atoms with Gasteiger partial charge in [0.25, 0.3) is 0 Å². The third kappa shape index (κ3) is 5.03. The molecule has 0 spiro atoms. The second-order valence-corrected chi connectivity index (χ2v) is 4.68. The second kappa shape index (κ2) is 8.21. The van der Waals surface area contributed by atoms with E-state index in [1.165, 1.54) is 18.2 Å². The van der Waals surface area contributed by atoms with E-state index in [4.69, 9.17) is 10.9 Å². The lowest BCUT2D eigenvalue weighted by Crippen LogP contribution is -2.42. The third-order valence-electron chi connectivity index (χ3n) is 3.00. The minimum Gasteiger partial charge on any atom is -0.409 e. The van der Waals surface area contributed by atoms with Gasteiger partial charge in [-0.1, -0.05) is 18.1 Å². The van der Waals surface area contributed by atoms with Crippen LogP contribution in [0, 0.1) is 5.82 Å². The fourth-order valence-corrected chi connectivity index (χ4v) is 1.75. The molecule has 1 atom stereocenters. The Kier molecular flexibility index (Phi) is 6.61. The van der Waals surface area contributed by atoms with Crippen LogP contribution in [0.2, 0.25) is 0 Å². The van der Waals surface area contributed by atoms with Gasteiger partial charge in [-0.3, -0.25) is 4.79 Å². The number of nitrogens with two attached hydrogens (primary N) is 1. The van der Waals surface area contributed by atoms with E-state index < -0.39 is 11.9 Å². The summed E-state index contributed by atoms with van der Waals surface area (Å²) < 4.78 is 13.2. The lowest BCUT2D eigenvalue weighted by Gasteiger charge is -2.15. The molecule has 0 radical (unpaired) electrons. The summed E-state index contributed by atoms with van der Waals surface area (Å²) in [6.45, 7) is 4.63. The predicted octanol–water partition coefficient (Wildman–Crippen LogP) is 0.924. The van der Waals surface area contributed by atoms with Gasteiger partial charge in [0.05, 0.1) is 6.04 Å². The number of benzene rings is 1. The second-order valence-electron chi connectivity index (χ2n) is 4.68. The molecule has 1 unspecified atom stereocenters. The molecule has 0 aliphatic heterocycles. The van der Waals surface area contributed by atoms with E-state index in [1.54, 1.807) is 6.92 Å². The molecule has 1 aromatic rings. The summed E-state index contributed by atoms with van der Waals surface area (Å²) in [6, 6.07) is 3.61. The van der Waals surface area contributed by atoms with Crippen LogP contribution in [-0.4, -0.2) is 29.5 Å². The van der Waals surface area contributed by atoms with E-state index in [-0.39, 0.29) is 11.7 Å². The molecule has 1 amide bonds. The molecule has 21 heavy (non-hydrogen) atoms. The van der Waals surface area contributed by atoms with E-state index in [0.717, 1.165) is 6.42 Å². The average Bonchev–Trinajstić information content (AvgIpc) is 2.49. The van der Waals surface area contributed by atoms with Crippen molar-refractivity contribution in [2.75, 3.05) is 6.54 Å². The first-order valence-electron chi connectivity index (χ1n) is 6.77. The summed E-state index contributed by atoms with van der Waals surface area (Å²) in [7, 11) is 0. The topological polar surface area (TPSA) is 99.7 Å². The zero-order valence-corrected chi connectivity index (χ0v) is 12.2. The van der Waals surface area contributed by atoms with Gasteiger partial charge in [-0.05, 0) is 31.0 Å². The maximum atomic E-state index is 13.2. The molecule has 1 rings (SSSR count). The lowest BCUT2D eigenvalue weighted by molar-refractivity contribution is -0.122. The summed E-state index contributed by atoms with van der Waals surface area (Å²) in [6.07, 6.45) is 0.865. The number of carbonyl (C=O) groups excluding carboxylic acids is 1. The van der Waals surface area contributed by atoms with E-state index in [2.05, 4.69) is 15.8 Å². The Morgan fingerprint density at radius 1 is 1.52 bits per heavy atom. The molecule has 116 valence electrons. The number of rotatable bonds is 7. The molecule has 6 nitrogen and oxygen atoms in total. The van der Waals surface area contributed by atoms with Gasteiger partial charge >= 0.3 is 0 Å². The van der Waals surface area contributed by atoms with Gasteiger partial charge in [0, 0.05) is 18.7 Å². The SMILES string of the molecule is CCCNC(=O)C(C)NCc1ccc(F)cc1C(N)=NO. The van der Waals surface area contributed by atoms with Crippen molar-refractivity contribution in [3.8, 4) is 0 Å². The minimum atomic E-state index is -0.478. The number of hydrogen-bond acceptors (Lipinski definition) is 4. The van der Waals surface area contributed by atoms with Gasteiger partial charge < -0.3 is 21.6 Å². The molecular weight excluding hydrogens is 275 g/mol. The van der Waals surface area contributed by atoms with Crippen molar-refractivity contribution in [3.05, 3.63) is 35.1 Å². The van der Waals surface area contributed by atoms with Crippen LogP contribution in [-0.2, 0) is 11.3 Å². The molecule has 7 heteroatoms. The normalized spacial score (nSPS) is 13.0. The highest BCUT2D eigenvalue weighted by Gasteiger charge is 2.14. The Balaban J connectivity index is 2.73. The molecular formula is C14H21FN4O2. The monoisotopic (exact) mass is 296 g/mol. The summed E-state index contributed by atoms with van der Waals surface area (Å²) >= 11 is 0. The molecule has 0 aliphatic rings. The largest absolute Gasteiger partial charge is 0.409 e. The number of carbonyl (C=O) groups is 1. The van der Waals surface area contributed by atoms with Crippen LogP contribution >= 0.6 is 0 Å². The summed E-state index contributed by atoms with van der Waals surface area (Å²) in [5, 5.41) is 17.4. The lowest BCUT2D eigenvalue weighted by atomic mass is 10.1. The molecule has 0 heterocycles. The predicted molar refractivity (Wildman–Crippen MR) is 78.5 cm³/mol. The van der Waals surface area contributed by atoms with Gasteiger partial charge in [0.2, 0.25) is 5.91 Å². The number of amides is 1. The van der Waals surface area contributed by atoms with Gasteiger partial charge in [-0.2, -0.15) is 0 Å². The zero-order chi connectivity index (χ0) is 15.8. The van der Waals surface area contributed by atoms with Crippen molar-refractivity contribution in [2.24, 2.45) is 10.9 Å². The van der Waals surface area contributed by atoms with Gasteiger partial charge in [0.1, 0.15) is 5.82 Å². The molecule has 5 N–H and O–H groups in total.